The van der Waals surface area contributed by atoms with Gasteiger partial charge in [0.25, 0.3) is 0 Å². The Kier molecular flexibility index (Phi) is 6.05. The lowest BCUT2D eigenvalue weighted by atomic mass is 10.1. The predicted molar refractivity (Wildman–Crippen MR) is 89.7 cm³/mol. The van der Waals surface area contributed by atoms with Crippen molar-refractivity contribution in [2.75, 3.05) is 13.7 Å². The van der Waals surface area contributed by atoms with Crippen LogP contribution in [0.15, 0.2) is 36.4 Å². The molecule has 2 aromatic rings. The second-order valence-corrected chi connectivity index (χ2v) is 5.20. The Labute approximate surface area is 145 Å². The molecule has 0 fully saturated rings. The van der Waals surface area contributed by atoms with Crippen molar-refractivity contribution in [2.24, 2.45) is 0 Å². The zero-order chi connectivity index (χ0) is 17.5. The number of esters is 1. The maximum Gasteiger partial charge on any atom is 0.315 e. The maximum atomic E-state index is 12.3. The Balaban J connectivity index is 2.24. The number of nitrogens with zero attached hydrogens (tertiary/aromatic N) is 1. The van der Waals surface area contributed by atoms with Crippen molar-refractivity contribution < 1.29 is 19.0 Å². The van der Waals surface area contributed by atoms with Gasteiger partial charge in [-0.1, -0.05) is 29.8 Å². The molecule has 0 aromatic heterocycles. The normalized spacial score (nSPS) is 9.92. The molecule has 0 N–H and O–H groups in total. The Bertz CT molecular complexity index is 783. The van der Waals surface area contributed by atoms with Gasteiger partial charge in [0.05, 0.1) is 36.8 Å². The second kappa shape index (κ2) is 8.23. The van der Waals surface area contributed by atoms with Crippen LogP contribution in [0.2, 0.25) is 5.02 Å². The van der Waals surface area contributed by atoms with Gasteiger partial charge >= 0.3 is 5.97 Å². The predicted octanol–water partition coefficient (Wildman–Crippen LogP) is 3.77. The number of nitriles is 1. The van der Waals surface area contributed by atoms with E-state index in [2.05, 4.69) is 0 Å². The molecule has 0 amide bonds. The molecule has 124 valence electrons. The van der Waals surface area contributed by atoms with Crippen LogP contribution in [0.4, 0.5) is 0 Å². The van der Waals surface area contributed by atoms with Crippen molar-refractivity contribution in [2.45, 2.75) is 13.3 Å². The number of para-hydroxylation sites is 1. The number of rotatable bonds is 6. The van der Waals surface area contributed by atoms with Gasteiger partial charge in [0.2, 0.25) is 0 Å². The molecule has 0 unspecified atom stereocenters. The van der Waals surface area contributed by atoms with Crippen LogP contribution in [0.25, 0.3) is 0 Å². The Morgan fingerprint density at radius 1 is 1.25 bits per heavy atom. The Hall–Kier alpha value is -2.71. The van der Waals surface area contributed by atoms with E-state index in [1.807, 2.05) is 18.2 Å². The van der Waals surface area contributed by atoms with Gasteiger partial charge in [-0.15, -0.1) is 0 Å². The average molecular weight is 346 g/mol. The number of methoxy groups -OCH3 is 1. The molecule has 0 saturated heterocycles. The number of carbonyl (C=O) groups excluding carboxylic acids is 1. The largest absolute Gasteiger partial charge is 0.496 e. The first-order valence-electron chi connectivity index (χ1n) is 7.28. The van der Waals surface area contributed by atoms with Crippen molar-refractivity contribution in [3.05, 3.63) is 52.5 Å². The van der Waals surface area contributed by atoms with E-state index in [0.717, 1.165) is 0 Å². The molecule has 24 heavy (non-hydrogen) atoms. The Morgan fingerprint density at radius 2 is 2.00 bits per heavy atom. The van der Waals surface area contributed by atoms with E-state index in [9.17, 15) is 4.79 Å². The zero-order valence-electron chi connectivity index (χ0n) is 13.3. The molecule has 2 rings (SSSR count). The summed E-state index contributed by atoms with van der Waals surface area (Å²) in [6.07, 6.45) is 0.0198. The summed E-state index contributed by atoms with van der Waals surface area (Å²) in [7, 11) is 1.54. The summed E-state index contributed by atoms with van der Waals surface area (Å²) < 4.78 is 16.0. The fraction of sp³-hybridized carbons (Fsp3) is 0.222. The van der Waals surface area contributed by atoms with Crippen molar-refractivity contribution in [1.82, 2.24) is 0 Å². The van der Waals surface area contributed by atoms with E-state index >= 15 is 0 Å². The number of hydrogen-bond donors (Lipinski definition) is 0. The van der Waals surface area contributed by atoms with Crippen LogP contribution in [0.1, 0.15) is 18.1 Å². The molecule has 0 saturated carbocycles. The molecule has 0 radical (unpaired) electrons. The SMILES string of the molecule is CCOc1cc(C#N)cc(Cl)c1OC(=O)Cc1ccccc1OC. The molecule has 0 aliphatic carbocycles. The summed E-state index contributed by atoms with van der Waals surface area (Å²) in [6, 6.07) is 12.1. The number of ether oxygens (including phenoxy) is 3. The van der Waals surface area contributed by atoms with E-state index in [1.54, 1.807) is 19.1 Å². The lowest BCUT2D eigenvalue weighted by Gasteiger charge is -2.13. The van der Waals surface area contributed by atoms with Gasteiger partial charge < -0.3 is 14.2 Å². The number of carbonyl (C=O) groups is 1. The smallest absolute Gasteiger partial charge is 0.315 e. The second-order valence-electron chi connectivity index (χ2n) is 4.79. The van der Waals surface area contributed by atoms with Crippen LogP contribution >= 0.6 is 11.6 Å². The molecule has 0 spiro atoms. The molecule has 0 bridgehead atoms. The summed E-state index contributed by atoms with van der Waals surface area (Å²) in [5.41, 5.74) is 1.03. The lowest BCUT2D eigenvalue weighted by Crippen LogP contribution is -2.13. The third kappa shape index (κ3) is 4.18. The van der Waals surface area contributed by atoms with E-state index in [0.29, 0.717) is 23.5 Å². The fourth-order valence-corrected chi connectivity index (χ4v) is 2.40. The third-order valence-corrected chi connectivity index (χ3v) is 3.46. The summed E-state index contributed by atoms with van der Waals surface area (Å²) in [5, 5.41) is 9.14. The minimum Gasteiger partial charge on any atom is -0.496 e. The molecule has 0 aliphatic rings. The van der Waals surface area contributed by atoms with E-state index in [-0.39, 0.29) is 22.9 Å². The van der Waals surface area contributed by atoms with Gasteiger partial charge in [-0.3, -0.25) is 4.79 Å². The van der Waals surface area contributed by atoms with Crippen molar-refractivity contribution >= 4 is 17.6 Å². The molecular weight excluding hydrogens is 330 g/mol. The van der Waals surface area contributed by atoms with Crippen LogP contribution in [-0.4, -0.2) is 19.7 Å². The van der Waals surface area contributed by atoms with Crippen molar-refractivity contribution in [3.63, 3.8) is 0 Å². The molecule has 0 aliphatic heterocycles. The summed E-state index contributed by atoms with van der Waals surface area (Å²) in [6.45, 7) is 2.13. The van der Waals surface area contributed by atoms with Crippen molar-refractivity contribution in [3.8, 4) is 23.3 Å². The van der Waals surface area contributed by atoms with Gasteiger partial charge in [-0.25, -0.2) is 0 Å². The molecule has 0 heterocycles. The number of benzene rings is 2. The molecule has 6 heteroatoms. The summed E-state index contributed by atoms with van der Waals surface area (Å²) in [4.78, 5) is 12.3. The zero-order valence-corrected chi connectivity index (χ0v) is 14.1. The van der Waals surface area contributed by atoms with Gasteiger partial charge in [-0.05, 0) is 19.1 Å². The maximum absolute atomic E-state index is 12.3. The van der Waals surface area contributed by atoms with Crippen LogP contribution in [0.5, 0.6) is 17.2 Å². The van der Waals surface area contributed by atoms with Crippen LogP contribution in [0, 0.1) is 11.3 Å². The summed E-state index contributed by atoms with van der Waals surface area (Å²) in [5.74, 6) is 0.463. The van der Waals surface area contributed by atoms with E-state index in [1.165, 1.54) is 19.2 Å². The first-order chi connectivity index (χ1) is 11.6. The minimum absolute atomic E-state index is 0.0198. The fourth-order valence-electron chi connectivity index (χ4n) is 2.15. The van der Waals surface area contributed by atoms with Crippen LogP contribution in [-0.2, 0) is 11.2 Å². The highest BCUT2D eigenvalue weighted by Gasteiger charge is 2.17. The Morgan fingerprint density at radius 3 is 2.67 bits per heavy atom. The lowest BCUT2D eigenvalue weighted by molar-refractivity contribution is -0.133. The third-order valence-electron chi connectivity index (χ3n) is 3.18. The molecule has 5 nitrogen and oxygen atoms in total. The highest BCUT2D eigenvalue weighted by molar-refractivity contribution is 6.32. The molecular formula is C18H16ClNO4. The summed E-state index contributed by atoms with van der Waals surface area (Å²) >= 11 is 6.12. The first-order valence-corrected chi connectivity index (χ1v) is 7.65. The van der Waals surface area contributed by atoms with E-state index in [4.69, 9.17) is 31.1 Å². The molecule has 0 atom stereocenters. The van der Waals surface area contributed by atoms with Crippen molar-refractivity contribution in [1.29, 1.82) is 5.26 Å². The number of hydrogen-bond acceptors (Lipinski definition) is 5. The van der Waals surface area contributed by atoms with E-state index < -0.39 is 5.97 Å². The first kappa shape index (κ1) is 17.6. The van der Waals surface area contributed by atoms with Gasteiger partial charge in [-0.2, -0.15) is 5.26 Å². The van der Waals surface area contributed by atoms with Gasteiger partial charge in [0.1, 0.15) is 5.75 Å². The highest BCUT2D eigenvalue weighted by Crippen LogP contribution is 2.37. The highest BCUT2D eigenvalue weighted by atomic mass is 35.5. The molecule has 2 aromatic carbocycles. The average Bonchev–Trinajstić information content (AvgIpc) is 2.58. The monoisotopic (exact) mass is 345 g/mol. The van der Waals surface area contributed by atoms with Crippen LogP contribution in [0.3, 0.4) is 0 Å². The number of halogens is 1. The minimum atomic E-state index is -0.507. The standard InChI is InChI=1S/C18H16ClNO4/c1-3-23-16-9-12(11-20)8-14(19)18(16)24-17(21)10-13-6-4-5-7-15(13)22-2/h4-9H,3,10H2,1-2H3. The van der Waals surface area contributed by atoms with Gasteiger partial charge in [0, 0.05) is 11.6 Å². The van der Waals surface area contributed by atoms with Gasteiger partial charge in [0.15, 0.2) is 11.5 Å². The van der Waals surface area contributed by atoms with Crippen LogP contribution < -0.4 is 14.2 Å². The quantitative estimate of drug-likeness (QED) is 0.589. The topological polar surface area (TPSA) is 68.5 Å².